The van der Waals surface area contributed by atoms with E-state index in [0.717, 1.165) is 5.56 Å². The molecule has 0 aliphatic heterocycles. The third-order valence-electron chi connectivity index (χ3n) is 3.58. The molecule has 0 spiro atoms. The number of nitrogens with one attached hydrogen (secondary N) is 1. The maximum Gasteiger partial charge on any atom is 0.244 e. The highest BCUT2D eigenvalue weighted by molar-refractivity contribution is 5.92. The Morgan fingerprint density at radius 2 is 1.96 bits per heavy atom. The average molecular weight is 329 g/mol. The molecular weight excluding hydrogens is 309 g/mol. The molecule has 0 bridgehead atoms. The fourth-order valence-electron chi connectivity index (χ4n) is 2.22. The lowest BCUT2D eigenvalue weighted by Gasteiger charge is -2.19. The number of rotatable bonds is 6. The molecule has 0 saturated carbocycles. The summed E-state index contributed by atoms with van der Waals surface area (Å²) in [6.45, 7) is 1.69. The Hall–Kier alpha value is -2.66. The Bertz CT molecular complexity index is 713. The van der Waals surface area contributed by atoms with Crippen LogP contribution >= 0.6 is 0 Å². The maximum absolute atomic E-state index is 12.9. The quantitative estimate of drug-likeness (QED) is 0.801. The molecule has 2 atom stereocenters. The lowest BCUT2D eigenvalue weighted by Crippen LogP contribution is -2.36. The van der Waals surface area contributed by atoms with Crippen molar-refractivity contribution in [3.8, 4) is 5.75 Å². The molecular formula is C19H20FNO3. The zero-order chi connectivity index (χ0) is 17.5. The third-order valence-corrected chi connectivity index (χ3v) is 3.58. The number of aliphatic hydroxyl groups excluding tert-OH is 1. The highest BCUT2D eigenvalue weighted by Crippen LogP contribution is 2.17. The summed E-state index contributed by atoms with van der Waals surface area (Å²) >= 11 is 0. The summed E-state index contributed by atoms with van der Waals surface area (Å²) in [7, 11) is 1.58. The highest BCUT2D eigenvalue weighted by Gasteiger charge is 2.17. The van der Waals surface area contributed by atoms with Gasteiger partial charge in [-0.2, -0.15) is 0 Å². The molecule has 0 fully saturated rings. The molecule has 24 heavy (non-hydrogen) atoms. The van der Waals surface area contributed by atoms with E-state index in [4.69, 9.17) is 4.74 Å². The van der Waals surface area contributed by atoms with E-state index in [1.165, 1.54) is 30.3 Å². The number of carbonyl (C=O) groups excluding carboxylic acids is 1. The Labute approximate surface area is 140 Å². The van der Waals surface area contributed by atoms with Gasteiger partial charge in [-0.1, -0.05) is 24.3 Å². The molecule has 2 aromatic carbocycles. The fraction of sp³-hybridized carbons (Fsp3) is 0.211. The standard InChI is InChI=1S/C19H20FNO3/c1-13(19(23)15-7-9-16(20)10-8-15)21-18(22)11-6-14-4-3-5-17(12-14)24-2/h3-13,19,23H,1-2H3,(H,21,22)/b11-6+. The van der Waals surface area contributed by atoms with Crippen molar-refractivity contribution in [1.29, 1.82) is 0 Å². The molecule has 0 radical (unpaired) electrons. The van der Waals surface area contributed by atoms with Gasteiger partial charge in [-0.15, -0.1) is 0 Å². The van der Waals surface area contributed by atoms with Crippen LogP contribution in [0.2, 0.25) is 0 Å². The Balaban J connectivity index is 1.95. The molecule has 4 nitrogen and oxygen atoms in total. The number of aliphatic hydroxyl groups is 1. The second-order valence-electron chi connectivity index (χ2n) is 5.40. The molecule has 5 heteroatoms. The lowest BCUT2D eigenvalue weighted by molar-refractivity contribution is -0.117. The summed E-state index contributed by atoms with van der Waals surface area (Å²) in [4.78, 5) is 12.0. The van der Waals surface area contributed by atoms with Crippen LogP contribution in [0.1, 0.15) is 24.2 Å². The van der Waals surface area contributed by atoms with E-state index < -0.39 is 12.1 Å². The summed E-state index contributed by atoms with van der Waals surface area (Å²) in [6, 6.07) is 12.3. The van der Waals surface area contributed by atoms with Crippen LogP contribution in [0.5, 0.6) is 5.75 Å². The van der Waals surface area contributed by atoms with Crippen LogP contribution in [-0.4, -0.2) is 24.2 Å². The minimum absolute atomic E-state index is 0.327. The number of hydrogen-bond donors (Lipinski definition) is 2. The van der Waals surface area contributed by atoms with Gasteiger partial charge in [0.05, 0.1) is 19.3 Å². The van der Waals surface area contributed by atoms with Gasteiger partial charge in [0.1, 0.15) is 11.6 Å². The minimum atomic E-state index is -0.917. The predicted octanol–water partition coefficient (Wildman–Crippen LogP) is 3.09. The topological polar surface area (TPSA) is 58.6 Å². The summed E-state index contributed by atoms with van der Waals surface area (Å²) in [6.07, 6.45) is 2.14. The summed E-state index contributed by atoms with van der Waals surface area (Å²) < 4.78 is 18.0. The Morgan fingerprint density at radius 1 is 1.25 bits per heavy atom. The number of methoxy groups -OCH3 is 1. The van der Waals surface area contributed by atoms with Crippen LogP contribution in [0.25, 0.3) is 6.08 Å². The van der Waals surface area contributed by atoms with Crippen molar-refractivity contribution < 1.29 is 19.0 Å². The largest absolute Gasteiger partial charge is 0.497 e. The number of halogens is 1. The third kappa shape index (κ3) is 4.93. The maximum atomic E-state index is 12.9. The lowest BCUT2D eigenvalue weighted by atomic mass is 10.0. The molecule has 1 amide bonds. The first-order chi connectivity index (χ1) is 11.5. The molecule has 2 N–H and O–H groups in total. The van der Waals surface area contributed by atoms with Crippen molar-refractivity contribution >= 4 is 12.0 Å². The molecule has 0 heterocycles. The van der Waals surface area contributed by atoms with Crippen LogP contribution in [0.15, 0.2) is 54.6 Å². The number of ether oxygens (including phenoxy) is 1. The van der Waals surface area contributed by atoms with E-state index in [9.17, 15) is 14.3 Å². The van der Waals surface area contributed by atoms with Crippen LogP contribution in [0.3, 0.4) is 0 Å². The van der Waals surface area contributed by atoms with Gasteiger partial charge in [-0.3, -0.25) is 4.79 Å². The van der Waals surface area contributed by atoms with Crippen molar-refractivity contribution in [2.75, 3.05) is 7.11 Å². The van der Waals surface area contributed by atoms with E-state index in [1.807, 2.05) is 18.2 Å². The SMILES string of the molecule is COc1cccc(/C=C/C(=O)NC(C)C(O)c2ccc(F)cc2)c1. The van der Waals surface area contributed by atoms with E-state index in [-0.39, 0.29) is 11.7 Å². The van der Waals surface area contributed by atoms with E-state index >= 15 is 0 Å². The Kier molecular flexibility index (Phi) is 6.09. The normalized spacial score (nSPS) is 13.5. The monoisotopic (exact) mass is 329 g/mol. The van der Waals surface area contributed by atoms with Crippen molar-refractivity contribution in [3.05, 3.63) is 71.6 Å². The zero-order valence-corrected chi connectivity index (χ0v) is 13.6. The smallest absolute Gasteiger partial charge is 0.244 e. The van der Waals surface area contributed by atoms with Crippen molar-refractivity contribution in [2.45, 2.75) is 19.1 Å². The number of amides is 1. The van der Waals surface area contributed by atoms with Crippen molar-refractivity contribution in [1.82, 2.24) is 5.32 Å². The number of hydrogen-bond acceptors (Lipinski definition) is 3. The van der Waals surface area contributed by atoms with Gasteiger partial charge in [0.15, 0.2) is 0 Å². The van der Waals surface area contributed by atoms with Gasteiger partial charge >= 0.3 is 0 Å². The average Bonchev–Trinajstić information content (AvgIpc) is 2.60. The van der Waals surface area contributed by atoms with E-state index in [0.29, 0.717) is 11.3 Å². The zero-order valence-electron chi connectivity index (χ0n) is 13.6. The number of carbonyl (C=O) groups is 1. The fourth-order valence-corrected chi connectivity index (χ4v) is 2.22. The summed E-state index contributed by atoms with van der Waals surface area (Å²) in [5.41, 5.74) is 1.37. The highest BCUT2D eigenvalue weighted by atomic mass is 19.1. The molecule has 0 aromatic heterocycles. The van der Waals surface area contributed by atoms with Crippen LogP contribution in [-0.2, 0) is 4.79 Å². The molecule has 2 unspecified atom stereocenters. The Morgan fingerprint density at radius 3 is 2.62 bits per heavy atom. The minimum Gasteiger partial charge on any atom is -0.497 e. The molecule has 126 valence electrons. The van der Waals surface area contributed by atoms with Gasteiger partial charge in [-0.05, 0) is 48.4 Å². The predicted molar refractivity (Wildman–Crippen MR) is 91.0 cm³/mol. The van der Waals surface area contributed by atoms with Gasteiger partial charge in [0.2, 0.25) is 5.91 Å². The first kappa shape index (κ1) is 17.7. The van der Waals surface area contributed by atoms with Gasteiger partial charge in [0, 0.05) is 6.08 Å². The van der Waals surface area contributed by atoms with Crippen molar-refractivity contribution in [2.24, 2.45) is 0 Å². The van der Waals surface area contributed by atoms with Crippen LogP contribution in [0, 0.1) is 5.82 Å². The van der Waals surface area contributed by atoms with Gasteiger partial charge in [0.25, 0.3) is 0 Å². The second kappa shape index (κ2) is 8.26. The molecule has 2 aromatic rings. The van der Waals surface area contributed by atoms with Crippen LogP contribution in [0.4, 0.5) is 4.39 Å². The van der Waals surface area contributed by atoms with Crippen molar-refractivity contribution in [3.63, 3.8) is 0 Å². The van der Waals surface area contributed by atoms with Crippen LogP contribution < -0.4 is 10.1 Å². The molecule has 0 aliphatic rings. The molecule has 0 saturated heterocycles. The summed E-state index contributed by atoms with van der Waals surface area (Å²) in [5.74, 6) is 0.00741. The number of benzene rings is 2. The molecule has 0 aliphatic carbocycles. The van der Waals surface area contributed by atoms with Gasteiger partial charge < -0.3 is 15.2 Å². The first-order valence-corrected chi connectivity index (χ1v) is 7.56. The van der Waals surface area contributed by atoms with Gasteiger partial charge in [-0.25, -0.2) is 4.39 Å². The first-order valence-electron chi connectivity index (χ1n) is 7.56. The van der Waals surface area contributed by atoms with E-state index in [2.05, 4.69) is 5.32 Å². The second-order valence-corrected chi connectivity index (χ2v) is 5.40. The summed E-state index contributed by atoms with van der Waals surface area (Å²) in [5, 5.41) is 12.9. The van der Waals surface area contributed by atoms with E-state index in [1.54, 1.807) is 26.2 Å². The molecule has 2 rings (SSSR count).